The first kappa shape index (κ1) is 93.5. The van der Waals surface area contributed by atoms with Crippen LogP contribution in [0.5, 0.6) is 0 Å². The Morgan fingerprint density at radius 1 is 0.156 bits per heavy atom. The Morgan fingerprint density at radius 2 is 0.385 bits per heavy atom. The maximum absolute atomic E-state index is 3.62. The summed E-state index contributed by atoms with van der Waals surface area (Å²) in [6.07, 6.45) is 55.0. The van der Waals surface area contributed by atoms with Gasteiger partial charge in [-0.25, -0.2) is 0 Å². The number of hydrazine groups is 1. The molecule has 12 N–H and O–H groups in total. The summed E-state index contributed by atoms with van der Waals surface area (Å²) in [7, 11) is 0. The highest BCUT2D eigenvalue weighted by Gasteiger charge is 2.32. The van der Waals surface area contributed by atoms with Gasteiger partial charge in [0.05, 0.1) is 0 Å². The lowest BCUT2D eigenvalue weighted by atomic mass is 9.76. The molecule has 6 aliphatic carbocycles. The van der Waals surface area contributed by atoms with Gasteiger partial charge in [-0.2, -0.15) is 0 Å². The van der Waals surface area contributed by atoms with E-state index in [1.54, 1.807) is 0 Å². The molecule has 10 heterocycles. The molecule has 16 fully saturated rings. The molecule has 10 saturated heterocycles. The number of nitrogens with one attached hydrogen (secondary N) is 12. The van der Waals surface area contributed by atoms with Gasteiger partial charge < -0.3 is 53.2 Å². The molecule has 0 aromatic carbocycles. The summed E-state index contributed by atoms with van der Waals surface area (Å²) >= 11 is 0. The van der Waals surface area contributed by atoms with Crippen LogP contribution in [0.1, 0.15) is 355 Å². The number of piperazine rings is 1. The molecule has 12 nitrogen and oxygen atoms in total. The van der Waals surface area contributed by atoms with E-state index in [4.69, 9.17) is 0 Å². The molecule has 96 heavy (non-hydrogen) atoms. The lowest BCUT2D eigenvalue weighted by molar-refractivity contribution is 0.185. The summed E-state index contributed by atoms with van der Waals surface area (Å²) in [5.41, 5.74) is 6.60. The fraction of sp³-hybridized carbons (Fsp3) is 1.00. The van der Waals surface area contributed by atoms with E-state index in [0.717, 1.165) is 95.7 Å². The first-order valence-electron chi connectivity index (χ1n) is 44.5. The van der Waals surface area contributed by atoms with Gasteiger partial charge in [0.2, 0.25) is 0 Å². The van der Waals surface area contributed by atoms with Crippen molar-refractivity contribution in [2.45, 2.75) is 403 Å². The summed E-state index contributed by atoms with van der Waals surface area (Å²) in [5, 5.41) is 35.4. The Balaban J connectivity index is 0.000000532. The second kappa shape index (κ2) is 66.5. The molecule has 0 spiro atoms. The van der Waals surface area contributed by atoms with E-state index < -0.39 is 0 Å². The monoisotopic (exact) mass is 1360 g/mol. The first-order chi connectivity index (χ1) is 47.7. The molecule has 6 saturated carbocycles. The topological polar surface area (TPSA) is 144 Å². The van der Waals surface area contributed by atoms with Crippen LogP contribution in [0.25, 0.3) is 0 Å². The van der Waals surface area contributed by atoms with Crippen molar-refractivity contribution in [1.29, 1.82) is 0 Å². The molecule has 16 atom stereocenters. The van der Waals surface area contributed by atoms with Gasteiger partial charge in [0.25, 0.3) is 0 Å². The zero-order valence-corrected chi connectivity index (χ0v) is 68.0. The lowest BCUT2D eigenvalue weighted by Crippen LogP contribution is -2.56. The van der Waals surface area contributed by atoms with E-state index in [9.17, 15) is 0 Å². The molecule has 576 valence electrons. The van der Waals surface area contributed by atoms with Crippen LogP contribution >= 0.6 is 0 Å². The molecule has 16 unspecified atom stereocenters. The molecule has 0 aromatic heterocycles. The summed E-state index contributed by atoms with van der Waals surface area (Å²) in [5.74, 6) is 8.32. The summed E-state index contributed by atoms with van der Waals surface area (Å²) in [6, 6.07) is 6.57. The summed E-state index contributed by atoms with van der Waals surface area (Å²) in [6.45, 7) is 49.4. The zero-order valence-electron chi connectivity index (χ0n) is 68.0. The van der Waals surface area contributed by atoms with Gasteiger partial charge in [-0.3, -0.25) is 10.9 Å². The largest absolute Gasteiger partial charge is 0.316 e. The minimum atomic E-state index is 0.794. The summed E-state index contributed by atoms with van der Waals surface area (Å²) in [4.78, 5) is 0. The third-order valence-corrected chi connectivity index (χ3v) is 23.5. The van der Waals surface area contributed by atoms with Gasteiger partial charge in [0.15, 0.2) is 0 Å². The van der Waals surface area contributed by atoms with Crippen LogP contribution in [0, 0.1) is 47.3 Å². The first-order valence-corrected chi connectivity index (χ1v) is 44.5. The SMILES string of the molecule is C1CCC2CNCCC2C1.C1CCC2CNCCC2C1.C1CCC2NCCCC2C1.C1CCC2NCCCC2C1.C1CCC2NCCNC2C1.C1CCC2NNCCC2C1.C1CNC2CCCNC2C1.C1CNC2CNCCC2C1.CC.CC.CC.CC.CC.CC.CC.CC. The molecule has 0 amide bonds. The number of hydrogen-bond donors (Lipinski definition) is 12. The molecule has 0 bridgehead atoms. The van der Waals surface area contributed by atoms with Gasteiger partial charge in [0, 0.05) is 74.5 Å². The summed E-state index contributed by atoms with van der Waals surface area (Å²) < 4.78 is 0. The van der Waals surface area contributed by atoms with Gasteiger partial charge in [-0.1, -0.05) is 201 Å². The number of fused-ring (bicyclic) bond motifs is 8. The Kier molecular flexibility index (Phi) is 64.8. The smallest absolute Gasteiger partial charge is 0.0241 e. The Bertz CT molecular complexity index is 1030. The van der Waals surface area contributed by atoms with Crippen molar-refractivity contribution >= 4 is 0 Å². The van der Waals surface area contributed by atoms with Crippen molar-refractivity contribution in [1.82, 2.24) is 64.0 Å². The van der Waals surface area contributed by atoms with E-state index in [2.05, 4.69) is 64.0 Å². The van der Waals surface area contributed by atoms with Crippen LogP contribution in [-0.2, 0) is 0 Å². The van der Waals surface area contributed by atoms with Crippen LogP contribution in [0.4, 0.5) is 0 Å². The second-order valence-electron chi connectivity index (χ2n) is 28.9. The van der Waals surface area contributed by atoms with E-state index in [1.165, 1.54) is 336 Å². The minimum absolute atomic E-state index is 0.794. The van der Waals surface area contributed by atoms with E-state index in [0.29, 0.717) is 0 Å². The molecule has 16 rings (SSSR count). The standard InChI is InChI=1S/4C9H17N.4C8H16N2.8C2H6/c2*1-2-6-9-8(4-1)5-3-7-10-9;2*1-2-4-9-7-10-6-5-8(9)3-1;1-3-7-8(9-5-1)4-2-6-10-7;1-2-7-3-5-9-6-8(7)10-4-1;1-2-4-8-7(3-1)9-5-6-10-8;1-2-4-8-7(3-1)5-6-9-10-8;8*1-2/h4*8-10H,1-7H2;4*7-10H,1-6H2;8*1-2H3. The quantitative estimate of drug-likeness (QED) is 0.112. The number of rotatable bonds is 0. The minimum Gasteiger partial charge on any atom is -0.316 e. The molecule has 12 heteroatoms. The number of piperidine rings is 8. The molecule has 10 aliphatic heterocycles. The van der Waals surface area contributed by atoms with E-state index >= 15 is 0 Å². The average Bonchev–Trinajstić information content (AvgIpc) is 3.05. The van der Waals surface area contributed by atoms with Crippen LogP contribution < -0.4 is 64.0 Å². The average molecular weight is 1360 g/mol. The molecular weight excluding hydrogens is 1180 g/mol. The fourth-order valence-corrected chi connectivity index (χ4v) is 18.6. The predicted molar refractivity (Wildman–Crippen MR) is 430 cm³/mol. The highest BCUT2D eigenvalue weighted by Crippen LogP contribution is 2.36. The van der Waals surface area contributed by atoms with Gasteiger partial charge in [-0.15, -0.1) is 0 Å². The van der Waals surface area contributed by atoms with Crippen LogP contribution in [0.3, 0.4) is 0 Å². The van der Waals surface area contributed by atoms with Crippen molar-refractivity contribution in [2.75, 3.05) is 91.6 Å². The highest BCUT2D eigenvalue weighted by molar-refractivity contribution is 4.92. The lowest BCUT2D eigenvalue weighted by Gasteiger charge is -2.37. The van der Waals surface area contributed by atoms with Crippen molar-refractivity contribution in [3.05, 3.63) is 0 Å². The molecule has 0 radical (unpaired) electrons. The number of hydrogen-bond acceptors (Lipinski definition) is 12. The van der Waals surface area contributed by atoms with Crippen LogP contribution in [0.2, 0.25) is 0 Å². The maximum atomic E-state index is 3.62. The fourth-order valence-electron chi connectivity index (χ4n) is 18.6. The predicted octanol–water partition coefficient (Wildman–Crippen LogP) is 18.0. The van der Waals surface area contributed by atoms with Crippen LogP contribution in [-0.4, -0.2) is 140 Å². The third-order valence-electron chi connectivity index (χ3n) is 23.5. The zero-order chi connectivity index (χ0) is 70.5. The van der Waals surface area contributed by atoms with Gasteiger partial charge in [-0.05, 0) is 267 Å². The third kappa shape index (κ3) is 38.9. The Morgan fingerprint density at radius 3 is 0.740 bits per heavy atom. The van der Waals surface area contributed by atoms with E-state index in [-0.39, 0.29) is 0 Å². The maximum Gasteiger partial charge on any atom is 0.0241 e. The van der Waals surface area contributed by atoms with Crippen molar-refractivity contribution in [2.24, 2.45) is 47.3 Å². The van der Waals surface area contributed by atoms with Gasteiger partial charge in [0.1, 0.15) is 0 Å². The van der Waals surface area contributed by atoms with Crippen LogP contribution in [0.15, 0.2) is 0 Å². The highest BCUT2D eigenvalue weighted by atomic mass is 15.4. The normalized spacial score (nSPS) is 34.5. The Labute approximate surface area is 603 Å². The molecule has 16 aliphatic rings. The van der Waals surface area contributed by atoms with Crippen molar-refractivity contribution in [3.8, 4) is 0 Å². The van der Waals surface area contributed by atoms with E-state index in [1.807, 2.05) is 111 Å². The van der Waals surface area contributed by atoms with Crippen molar-refractivity contribution < 1.29 is 0 Å². The van der Waals surface area contributed by atoms with Crippen molar-refractivity contribution in [3.63, 3.8) is 0 Å². The Hall–Kier alpha value is -0.480. The molecule has 0 aromatic rings. The molecular formula is C84H180N12. The van der Waals surface area contributed by atoms with Gasteiger partial charge >= 0.3 is 0 Å². The second-order valence-corrected chi connectivity index (χ2v) is 28.9.